The van der Waals surface area contributed by atoms with E-state index in [2.05, 4.69) is 43.2 Å². The van der Waals surface area contributed by atoms with Crippen molar-refractivity contribution in [3.8, 4) is 0 Å². The SMILES string of the molecule is O=[N+]([O-])c1ccc(CNCc2cc(Br)cs2)c(Br)c1. The maximum atomic E-state index is 10.6. The Morgan fingerprint density at radius 2 is 2.05 bits per heavy atom. The molecule has 0 aliphatic rings. The van der Waals surface area contributed by atoms with Crippen LogP contribution in [0.25, 0.3) is 0 Å². The molecule has 0 unspecified atom stereocenters. The number of non-ortho nitro benzene ring substituents is 1. The molecule has 2 rings (SSSR count). The molecule has 0 fully saturated rings. The molecule has 19 heavy (non-hydrogen) atoms. The van der Waals surface area contributed by atoms with Crippen LogP contribution in [-0.4, -0.2) is 4.92 Å². The first-order valence-corrected chi connectivity index (χ1v) is 7.89. The zero-order valence-electron chi connectivity index (χ0n) is 9.73. The first kappa shape index (κ1) is 14.6. The molecule has 0 saturated heterocycles. The lowest BCUT2D eigenvalue weighted by molar-refractivity contribution is -0.384. The lowest BCUT2D eigenvalue weighted by Crippen LogP contribution is -2.12. The van der Waals surface area contributed by atoms with E-state index in [9.17, 15) is 10.1 Å². The zero-order chi connectivity index (χ0) is 13.8. The van der Waals surface area contributed by atoms with E-state index in [0.29, 0.717) is 6.54 Å². The Bertz CT molecular complexity index is 601. The monoisotopic (exact) mass is 404 g/mol. The van der Waals surface area contributed by atoms with Gasteiger partial charge in [-0.2, -0.15) is 0 Å². The lowest BCUT2D eigenvalue weighted by atomic mass is 10.2. The highest BCUT2D eigenvalue weighted by Crippen LogP contribution is 2.23. The van der Waals surface area contributed by atoms with Crippen LogP contribution in [0, 0.1) is 10.1 Å². The third-order valence-electron chi connectivity index (χ3n) is 2.48. The van der Waals surface area contributed by atoms with E-state index in [0.717, 1.165) is 21.1 Å². The number of hydrogen-bond donors (Lipinski definition) is 1. The standard InChI is InChI=1S/C12H10Br2N2O2S/c13-9-3-11(19-7-9)6-15-5-8-1-2-10(16(17)18)4-12(8)14/h1-4,7,15H,5-6H2. The molecule has 0 aliphatic carbocycles. The van der Waals surface area contributed by atoms with Crippen LogP contribution < -0.4 is 5.32 Å². The van der Waals surface area contributed by atoms with Crippen LogP contribution in [-0.2, 0) is 13.1 Å². The van der Waals surface area contributed by atoms with Crippen molar-refractivity contribution in [1.29, 1.82) is 0 Å². The summed E-state index contributed by atoms with van der Waals surface area (Å²) in [6.07, 6.45) is 0. The molecule has 0 bridgehead atoms. The fraction of sp³-hybridized carbons (Fsp3) is 0.167. The van der Waals surface area contributed by atoms with Gasteiger partial charge in [0.25, 0.3) is 5.69 Å². The summed E-state index contributed by atoms with van der Waals surface area (Å²) < 4.78 is 1.84. The summed E-state index contributed by atoms with van der Waals surface area (Å²) in [5.74, 6) is 0. The number of nitro groups is 1. The predicted molar refractivity (Wildman–Crippen MR) is 83.4 cm³/mol. The first-order valence-electron chi connectivity index (χ1n) is 5.42. The van der Waals surface area contributed by atoms with E-state index in [1.807, 2.05) is 5.38 Å². The van der Waals surface area contributed by atoms with Crippen LogP contribution >= 0.6 is 43.2 Å². The van der Waals surface area contributed by atoms with Gasteiger partial charge in [0, 0.05) is 44.4 Å². The Morgan fingerprint density at radius 3 is 2.63 bits per heavy atom. The van der Waals surface area contributed by atoms with Gasteiger partial charge >= 0.3 is 0 Å². The fourth-order valence-electron chi connectivity index (χ4n) is 1.56. The molecule has 0 saturated carbocycles. The highest BCUT2D eigenvalue weighted by molar-refractivity contribution is 9.10. The molecular weight excluding hydrogens is 396 g/mol. The van der Waals surface area contributed by atoms with E-state index in [1.165, 1.54) is 17.0 Å². The maximum Gasteiger partial charge on any atom is 0.270 e. The van der Waals surface area contributed by atoms with Crippen molar-refractivity contribution in [1.82, 2.24) is 5.32 Å². The van der Waals surface area contributed by atoms with E-state index in [4.69, 9.17) is 0 Å². The number of hydrogen-bond acceptors (Lipinski definition) is 4. The van der Waals surface area contributed by atoms with Gasteiger partial charge in [-0.1, -0.05) is 15.9 Å². The second-order valence-corrected chi connectivity index (χ2v) is 6.63. The molecule has 4 nitrogen and oxygen atoms in total. The van der Waals surface area contributed by atoms with Crippen LogP contribution in [0.1, 0.15) is 10.4 Å². The van der Waals surface area contributed by atoms with Crippen LogP contribution in [0.3, 0.4) is 0 Å². The Balaban J connectivity index is 1.94. The second kappa shape index (κ2) is 6.60. The minimum Gasteiger partial charge on any atom is -0.308 e. The third-order valence-corrected chi connectivity index (χ3v) is 4.92. The van der Waals surface area contributed by atoms with Crippen LogP contribution in [0.4, 0.5) is 5.69 Å². The topological polar surface area (TPSA) is 55.2 Å². The van der Waals surface area contributed by atoms with Gasteiger partial charge in [0.05, 0.1) is 4.92 Å². The van der Waals surface area contributed by atoms with Crippen molar-refractivity contribution >= 4 is 48.9 Å². The number of thiophene rings is 1. The summed E-state index contributed by atoms with van der Waals surface area (Å²) in [4.78, 5) is 11.5. The highest BCUT2D eigenvalue weighted by Gasteiger charge is 2.08. The molecule has 100 valence electrons. The van der Waals surface area contributed by atoms with Gasteiger partial charge in [0.1, 0.15) is 0 Å². The number of benzene rings is 1. The minimum atomic E-state index is -0.398. The van der Waals surface area contributed by atoms with Gasteiger partial charge in [0.15, 0.2) is 0 Å². The Morgan fingerprint density at radius 1 is 1.26 bits per heavy atom. The summed E-state index contributed by atoms with van der Waals surface area (Å²) >= 11 is 8.45. The molecule has 1 N–H and O–H groups in total. The van der Waals surface area contributed by atoms with Gasteiger partial charge in [-0.25, -0.2) is 0 Å². The van der Waals surface area contributed by atoms with Crippen molar-refractivity contribution < 1.29 is 4.92 Å². The number of halogens is 2. The largest absolute Gasteiger partial charge is 0.308 e. The summed E-state index contributed by atoms with van der Waals surface area (Å²) in [7, 11) is 0. The van der Waals surface area contributed by atoms with E-state index < -0.39 is 4.92 Å². The normalized spacial score (nSPS) is 10.6. The van der Waals surface area contributed by atoms with Gasteiger partial charge in [-0.3, -0.25) is 10.1 Å². The molecule has 0 spiro atoms. The smallest absolute Gasteiger partial charge is 0.270 e. The van der Waals surface area contributed by atoms with Crippen molar-refractivity contribution in [2.45, 2.75) is 13.1 Å². The number of nitrogens with zero attached hydrogens (tertiary/aromatic N) is 1. The van der Waals surface area contributed by atoms with Crippen LogP contribution in [0.2, 0.25) is 0 Å². The molecular formula is C12H10Br2N2O2S. The average molecular weight is 406 g/mol. The van der Waals surface area contributed by atoms with Crippen molar-refractivity contribution in [2.75, 3.05) is 0 Å². The lowest BCUT2D eigenvalue weighted by Gasteiger charge is -2.05. The van der Waals surface area contributed by atoms with Crippen molar-refractivity contribution in [3.05, 3.63) is 59.1 Å². The Labute approximate surface area is 131 Å². The number of nitrogens with one attached hydrogen (secondary N) is 1. The van der Waals surface area contributed by atoms with Crippen LogP contribution in [0.5, 0.6) is 0 Å². The van der Waals surface area contributed by atoms with E-state index in [1.54, 1.807) is 17.4 Å². The number of nitro benzene ring substituents is 1. The van der Waals surface area contributed by atoms with Crippen molar-refractivity contribution in [3.63, 3.8) is 0 Å². The Kier molecular flexibility index (Phi) is 5.09. The molecule has 2 aromatic rings. The number of rotatable bonds is 5. The summed E-state index contributed by atoms with van der Waals surface area (Å²) in [6.45, 7) is 1.44. The van der Waals surface area contributed by atoms with E-state index >= 15 is 0 Å². The molecule has 0 aliphatic heterocycles. The average Bonchev–Trinajstić information content (AvgIpc) is 2.77. The minimum absolute atomic E-state index is 0.0952. The summed E-state index contributed by atoms with van der Waals surface area (Å²) in [6, 6.07) is 6.88. The van der Waals surface area contributed by atoms with E-state index in [-0.39, 0.29) is 5.69 Å². The van der Waals surface area contributed by atoms with Gasteiger partial charge in [0.2, 0.25) is 0 Å². The zero-order valence-corrected chi connectivity index (χ0v) is 13.7. The molecule has 0 radical (unpaired) electrons. The molecule has 1 aromatic heterocycles. The highest BCUT2D eigenvalue weighted by atomic mass is 79.9. The molecule has 1 aromatic carbocycles. The second-order valence-electron chi connectivity index (χ2n) is 3.87. The molecule has 1 heterocycles. The fourth-order valence-corrected chi connectivity index (χ4v) is 3.49. The molecule has 0 amide bonds. The predicted octanol–water partition coefficient (Wildman–Crippen LogP) is 4.47. The summed E-state index contributed by atoms with van der Waals surface area (Å²) in [5.41, 5.74) is 1.10. The third kappa shape index (κ3) is 4.10. The van der Waals surface area contributed by atoms with Gasteiger partial charge in [-0.05, 0) is 33.6 Å². The molecule has 7 heteroatoms. The molecule has 0 atom stereocenters. The van der Waals surface area contributed by atoms with Crippen LogP contribution in [0.15, 0.2) is 38.6 Å². The maximum absolute atomic E-state index is 10.6. The Hall–Kier alpha value is -0.760. The first-order chi connectivity index (χ1) is 9.06. The van der Waals surface area contributed by atoms with Crippen molar-refractivity contribution in [2.24, 2.45) is 0 Å². The van der Waals surface area contributed by atoms with Gasteiger partial charge in [-0.15, -0.1) is 11.3 Å². The quantitative estimate of drug-likeness (QED) is 0.589. The van der Waals surface area contributed by atoms with Gasteiger partial charge < -0.3 is 5.32 Å². The summed E-state index contributed by atoms with van der Waals surface area (Å²) in [5, 5.41) is 16.0.